The van der Waals surface area contributed by atoms with Crippen LogP contribution in [0.3, 0.4) is 0 Å². The molecule has 0 aliphatic carbocycles. The van der Waals surface area contributed by atoms with Crippen molar-refractivity contribution in [1.82, 2.24) is 4.90 Å². The van der Waals surface area contributed by atoms with Crippen LogP contribution in [0.1, 0.15) is 18.5 Å². The predicted molar refractivity (Wildman–Crippen MR) is 79.2 cm³/mol. The first-order chi connectivity index (χ1) is 9.01. The number of morpholine rings is 1. The van der Waals surface area contributed by atoms with Crippen LogP contribution in [0.4, 0.5) is 0 Å². The Morgan fingerprint density at radius 3 is 2.95 bits per heavy atom. The van der Waals surface area contributed by atoms with Crippen LogP contribution in [0.2, 0.25) is 5.02 Å². The Kier molecular flexibility index (Phi) is 4.66. The molecule has 1 saturated heterocycles. The first-order valence-corrected chi connectivity index (χ1v) is 7.19. The SMILES string of the molecule is C=CC(=O)N1C[C@@H](C)OC[C@H]1c1cc(Cl)cc(Br)c1. The molecule has 19 heavy (non-hydrogen) atoms. The van der Waals surface area contributed by atoms with E-state index >= 15 is 0 Å². The van der Waals surface area contributed by atoms with E-state index in [4.69, 9.17) is 16.3 Å². The van der Waals surface area contributed by atoms with Crippen molar-refractivity contribution in [2.75, 3.05) is 13.2 Å². The van der Waals surface area contributed by atoms with Crippen molar-refractivity contribution in [3.63, 3.8) is 0 Å². The Labute approximate surface area is 126 Å². The molecule has 0 bridgehead atoms. The van der Waals surface area contributed by atoms with E-state index in [9.17, 15) is 4.79 Å². The van der Waals surface area contributed by atoms with E-state index < -0.39 is 0 Å². The Morgan fingerprint density at radius 2 is 2.32 bits per heavy atom. The zero-order valence-corrected chi connectivity index (χ0v) is 12.9. The second-order valence-corrected chi connectivity index (χ2v) is 5.91. The van der Waals surface area contributed by atoms with Crippen LogP contribution in [-0.4, -0.2) is 30.1 Å². The minimum atomic E-state index is -0.128. The van der Waals surface area contributed by atoms with Gasteiger partial charge in [0.05, 0.1) is 18.8 Å². The summed E-state index contributed by atoms with van der Waals surface area (Å²) in [5.74, 6) is -0.0868. The lowest BCUT2D eigenvalue weighted by atomic mass is 10.0. The van der Waals surface area contributed by atoms with Gasteiger partial charge in [0.25, 0.3) is 0 Å². The molecule has 0 unspecified atom stereocenters. The van der Waals surface area contributed by atoms with Gasteiger partial charge >= 0.3 is 0 Å². The Balaban J connectivity index is 2.34. The minimum absolute atomic E-state index is 0.0303. The lowest BCUT2D eigenvalue weighted by molar-refractivity contribution is -0.139. The monoisotopic (exact) mass is 343 g/mol. The molecule has 1 aliphatic heterocycles. The minimum Gasteiger partial charge on any atom is -0.374 e. The molecule has 2 atom stereocenters. The molecular weight excluding hydrogens is 330 g/mol. The van der Waals surface area contributed by atoms with Gasteiger partial charge in [0.1, 0.15) is 0 Å². The van der Waals surface area contributed by atoms with Gasteiger partial charge in [0.15, 0.2) is 0 Å². The van der Waals surface area contributed by atoms with Crippen LogP contribution in [-0.2, 0) is 9.53 Å². The van der Waals surface area contributed by atoms with Crippen molar-refractivity contribution in [2.24, 2.45) is 0 Å². The van der Waals surface area contributed by atoms with Gasteiger partial charge in [0.2, 0.25) is 5.91 Å². The molecule has 0 spiro atoms. The molecule has 1 aromatic rings. The summed E-state index contributed by atoms with van der Waals surface area (Å²) in [5.41, 5.74) is 0.960. The number of amides is 1. The van der Waals surface area contributed by atoms with Crippen LogP contribution < -0.4 is 0 Å². The highest BCUT2D eigenvalue weighted by atomic mass is 79.9. The maximum atomic E-state index is 12.0. The van der Waals surface area contributed by atoms with Crippen LogP contribution in [0, 0.1) is 0 Å². The fourth-order valence-electron chi connectivity index (χ4n) is 2.21. The zero-order chi connectivity index (χ0) is 14.0. The van der Waals surface area contributed by atoms with E-state index in [1.807, 2.05) is 25.1 Å². The molecule has 0 saturated carbocycles. The molecule has 1 heterocycles. The quantitative estimate of drug-likeness (QED) is 0.768. The molecule has 1 aromatic carbocycles. The number of carbonyl (C=O) groups excluding carboxylic acids is 1. The fraction of sp³-hybridized carbons (Fsp3) is 0.357. The lowest BCUT2D eigenvalue weighted by Gasteiger charge is -2.38. The summed E-state index contributed by atoms with van der Waals surface area (Å²) in [6.45, 7) is 6.53. The number of halogens is 2. The summed E-state index contributed by atoms with van der Waals surface area (Å²) in [6, 6.07) is 5.51. The molecule has 0 aromatic heterocycles. The number of carbonyl (C=O) groups is 1. The van der Waals surface area contributed by atoms with Crippen LogP contribution in [0.5, 0.6) is 0 Å². The molecule has 1 aliphatic rings. The molecule has 3 nitrogen and oxygen atoms in total. The van der Waals surface area contributed by atoms with Crippen molar-refractivity contribution >= 4 is 33.4 Å². The van der Waals surface area contributed by atoms with Crippen LogP contribution in [0.25, 0.3) is 0 Å². The Bertz CT molecular complexity index is 486. The molecule has 5 heteroatoms. The molecule has 1 amide bonds. The zero-order valence-electron chi connectivity index (χ0n) is 10.6. The van der Waals surface area contributed by atoms with Crippen molar-refractivity contribution in [3.8, 4) is 0 Å². The number of hydrogen-bond acceptors (Lipinski definition) is 2. The molecule has 0 N–H and O–H groups in total. The normalized spacial score (nSPS) is 23.2. The van der Waals surface area contributed by atoms with Gasteiger partial charge in [-0.15, -0.1) is 0 Å². The maximum absolute atomic E-state index is 12.0. The Hall–Kier alpha value is -0.840. The van der Waals surface area contributed by atoms with E-state index in [0.29, 0.717) is 18.2 Å². The van der Waals surface area contributed by atoms with Gasteiger partial charge in [-0.3, -0.25) is 4.79 Å². The summed E-state index contributed by atoms with van der Waals surface area (Å²) in [7, 11) is 0. The third-order valence-corrected chi connectivity index (χ3v) is 3.77. The van der Waals surface area contributed by atoms with Gasteiger partial charge in [-0.1, -0.05) is 34.1 Å². The standard InChI is InChI=1S/C14H15BrClNO2/c1-3-14(18)17-7-9(2)19-8-13(17)10-4-11(15)6-12(16)5-10/h3-6,9,13H,1,7-8H2,2H3/t9-,13+/m1/s1. The maximum Gasteiger partial charge on any atom is 0.246 e. The number of hydrogen-bond donors (Lipinski definition) is 0. The van der Waals surface area contributed by atoms with Crippen LogP contribution in [0.15, 0.2) is 35.3 Å². The van der Waals surface area contributed by atoms with E-state index in [1.165, 1.54) is 6.08 Å². The van der Waals surface area contributed by atoms with E-state index in [1.54, 1.807) is 4.90 Å². The van der Waals surface area contributed by atoms with Gasteiger partial charge in [0, 0.05) is 16.0 Å². The lowest BCUT2D eigenvalue weighted by Crippen LogP contribution is -2.46. The summed E-state index contributed by atoms with van der Waals surface area (Å²) in [4.78, 5) is 13.8. The highest BCUT2D eigenvalue weighted by Crippen LogP contribution is 2.30. The number of benzene rings is 1. The van der Waals surface area contributed by atoms with Crippen molar-refractivity contribution < 1.29 is 9.53 Å². The van der Waals surface area contributed by atoms with Crippen molar-refractivity contribution in [3.05, 3.63) is 45.9 Å². The van der Waals surface area contributed by atoms with Gasteiger partial charge in [-0.2, -0.15) is 0 Å². The first kappa shape index (κ1) is 14.6. The van der Waals surface area contributed by atoms with E-state index in [0.717, 1.165) is 10.0 Å². The molecule has 0 radical (unpaired) electrons. The first-order valence-electron chi connectivity index (χ1n) is 6.02. The highest BCUT2D eigenvalue weighted by Gasteiger charge is 2.30. The topological polar surface area (TPSA) is 29.5 Å². The summed E-state index contributed by atoms with van der Waals surface area (Å²) in [6.07, 6.45) is 1.37. The largest absolute Gasteiger partial charge is 0.374 e. The molecule has 2 rings (SSSR count). The number of nitrogens with zero attached hydrogens (tertiary/aromatic N) is 1. The summed E-state index contributed by atoms with van der Waals surface area (Å²) < 4.78 is 6.55. The third-order valence-electron chi connectivity index (χ3n) is 3.10. The average molecular weight is 345 g/mol. The fourth-order valence-corrected chi connectivity index (χ4v) is 3.09. The van der Waals surface area contributed by atoms with E-state index in [-0.39, 0.29) is 18.1 Å². The highest BCUT2D eigenvalue weighted by molar-refractivity contribution is 9.10. The summed E-state index contributed by atoms with van der Waals surface area (Å²) in [5, 5.41) is 0.633. The second kappa shape index (κ2) is 6.07. The third kappa shape index (κ3) is 3.38. The summed E-state index contributed by atoms with van der Waals surface area (Å²) >= 11 is 9.48. The van der Waals surface area contributed by atoms with Gasteiger partial charge in [-0.05, 0) is 36.8 Å². The smallest absolute Gasteiger partial charge is 0.246 e. The molecular formula is C14H15BrClNO2. The molecule has 1 fully saturated rings. The van der Waals surface area contributed by atoms with Crippen molar-refractivity contribution in [1.29, 1.82) is 0 Å². The second-order valence-electron chi connectivity index (χ2n) is 4.56. The van der Waals surface area contributed by atoms with Gasteiger partial charge < -0.3 is 9.64 Å². The molecule has 102 valence electrons. The number of ether oxygens (including phenoxy) is 1. The number of rotatable bonds is 2. The predicted octanol–water partition coefficient (Wildman–Crippen LogP) is 3.58. The van der Waals surface area contributed by atoms with Crippen molar-refractivity contribution in [2.45, 2.75) is 19.1 Å². The Morgan fingerprint density at radius 1 is 1.58 bits per heavy atom. The average Bonchev–Trinajstić information content (AvgIpc) is 2.36. The van der Waals surface area contributed by atoms with E-state index in [2.05, 4.69) is 22.5 Å². The van der Waals surface area contributed by atoms with Gasteiger partial charge in [-0.25, -0.2) is 0 Å². The van der Waals surface area contributed by atoms with Crippen LogP contribution >= 0.6 is 27.5 Å².